The van der Waals surface area contributed by atoms with E-state index >= 15 is 0 Å². The minimum atomic E-state index is -0.0415. The molecule has 0 aliphatic carbocycles. The zero-order chi connectivity index (χ0) is 56.1. The van der Waals surface area contributed by atoms with Crippen LogP contribution in [0.15, 0.2) is 21.6 Å². The van der Waals surface area contributed by atoms with E-state index in [2.05, 4.69) is 251 Å². The van der Waals surface area contributed by atoms with Gasteiger partial charge in [-0.25, -0.2) is 14.6 Å². The SMILES string of the molecule is CC(C)c1nc(C(C)(C)C)n[nH]1.CC(C)c1nc(C(C)(C)C)no1.CC(C)c1noc(C(C)(C)C)n1.CC(C)n1cc(C(C)(C)C)nn1.CC(C)n1cnc(C(C)(C)C)n1.CC(C)n1nnc(C(C)(C)C)n1. The molecule has 0 spiro atoms. The van der Waals surface area contributed by atoms with Crippen LogP contribution in [-0.4, -0.2) is 85.4 Å². The summed E-state index contributed by atoms with van der Waals surface area (Å²) in [5.41, 5.74) is 1.19. The summed E-state index contributed by atoms with van der Waals surface area (Å²) in [4.78, 5) is 18.9. The maximum absolute atomic E-state index is 5.13. The molecular weight excluding hydrogens is 907 g/mol. The lowest BCUT2D eigenvalue weighted by molar-refractivity contribution is 0.317. The first-order valence-corrected chi connectivity index (χ1v) is 25.7. The quantitative estimate of drug-likeness (QED) is 0.164. The van der Waals surface area contributed by atoms with Crippen molar-refractivity contribution >= 4 is 0 Å². The minimum absolute atomic E-state index is 0.00681. The molecule has 19 heteroatoms. The summed E-state index contributed by atoms with van der Waals surface area (Å²) in [6, 6.07) is 1.08. The molecule has 72 heavy (non-hydrogen) atoms. The van der Waals surface area contributed by atoms with Crippen molar-refractivity contribution in [3.63, 3.8) is 0 Å². The third kappa shape index (κ3) is 22.3. The highest BCUT2D eigenvalue weighted by atomic mass is 16.5. The number of aromatic nitrogens is 17. The smallest absolute Gasteiger partial charge is 0.232 e. The molecule has 6 aromatic rings. The van der Waals surface area contributed by atoms with Gasteiger partial charge in [0.05, 0.1) is 11.7 Å². The predicted molar refractivity (Wildman–Crippen MR) is 288 cm³/mol. The molecule has 408 valence electrons. The highest BCUT2D eigenvalue weighted by Crippen LogP contribution is 2.24. The molecule has 0 aliphatic rings. The van der Waals surface area contributed by atoms with E-state index in [1.165, 1.54) is 0 Å². The van der Waals surface area contributed by atoms with E-state index in [0.29, 0.717) is 35.7 Å². The Labute approximate surface area is 434 Å². The number of nitrogens with zero attached hydrogens (tertiary/aromatic N) is 16. The largest absolute Gasteiger partial charge is 0.339 e. The fourth-order valence-electron chi connectivity index (χ4n) is 4.90. The number of rotatable bonds is 6. The Morgan fingerprint density at radius 3 is 1.24 bits per heavy atom. The predicted octanol–water partition coefficient (Wildman–Crippen LogP) is 13.1. The first kappa shape index (κ1) is 64.8. The van der Waals surface area contributed by atoms with Crippen LogP contribution in [0.5, 0.6) is 0 Å². The van der Waals surface area contributed by atoms with E-state index < -0.39 is 0 Å². The second-order valence-corrected chi connectivity index (χ2v) is 26.3. The lowest BCUT2D eigenvalue weighted by Gasteiger charge is -2.13. The van der Waals surface area contributed by atoms with Crippen molar-refractivity contribution in [1.82, 2.24) is 85.4 Å². The number of H-pyrrole nitrogens is 1. The van der Waals surface area contributed by atoms with E-state index in [1.54, 1.807) is 11.1 Å². The molecule has 0 amide bonds. The van der Waals surface area contributed by atoms with Crippen molar-refractivity contribution < 1.29 is 9.05 Å². The topological polar surface area (TPSA) is 224 Å². The van der Waals surface area contributed by atoms with Crippen molar-refractivity contribution in [3.05, 3.63) is 64.9 Å². The summed E-state index contributed by atoms with van der Waals surface area (Å²) in [6.07, 6.45) is 3.82. The molecule has 0 fully saturated rings. The van der Waals surface area contributed by atoms with E-state index in [1.807, 2.05) is 43.3 Å². The van der Waals surface area contributed by atoms with Crippen LogP contribution in [0.25, 0.3) is 0 Å². The van der Waals surface area contributed by atoms with Gasteiger partial charge >= 0.3 is 0 Å². The molecule has 0 saturated carbocycles. The van der Waals surface area contributed by atoms with Gasteiger partial charge in [0.2, 0.25) is 11.8 Å². The lowest BCUT2D eigenvalue weighted by atomic mass is 9.93. The van der Waals surface area contributed by atoms with Crippen LogP contribution in [-0.2, 0) is 32.5 Å². The van der Waals surface area contributed by atoms with Gasteiger partial charge in [-0.05, 0) is 46.8 Å². The molecule has 0 unspecified atom stereocenters. The average Bonchev–Trinajstić information content (AvgIpc) is 4.06. The van der Waals surface area contributed by atoms with Crippen LogP contribution >= 0.6 is 0 Å². The second kappa shape index (κ2) is 26.1. The van der Waals surface area contributed by atoms with Gasteiger partial charge < -0.3 is 9.05 Å². The fraction of sp³-hybridized carbons (Fsp3) is 0.792. The van der Waals surface area contributed by atoms with Crippen molar-refractivity contribution in [2.24, 2.45) is 0 Å². The Balaban J connectivity index is 0.000000432. The summed E-state index contributed by atoms with van der Waals surface area (Å²) < 4.78 is 14.0. The maximum Gasteiger partial charge on any atom is 0.232 e. The zero-order valence-corrected chi connectivity index (χ0v) is 50.6. The Hall–Kier alpha value is -5.23. The number of aromatic amines is 1. The third-order valence-corrected chi connectivity index (χ3v) is 10.0. The Kier molecular flexibility index (Phi) is 23.5. The van der Waals surface area contributed by atoms with E-state index in [0.717, 1.165) is 46.5 Å². The minimum Gasteiger partial charge on any atom is -0.339 e. The van der Waals surface area contributed by atoms with Gasteiger partial charge in [0.15, 0.2) is 29.1 Å². The molecule has 6 heterocycles. The standard InChI is InChI=1S/3C9H17N3.2C9H16N2O.C8H16N4/c1-7(2)12-6-10-8(11-12)9(3,4)5;1-7(2)12-6-8(10-11-12)9(3,4)5;1-6(2)7-10-8(12-11-7)9(3,4)5;1-6(2)7-10-8(11-12-7)9(3,4)5;1-6(2)7-10-8(12-11-7)9(3,4)5;1-6(2)12-10-7(9-11-12)8(3,4)5/h2*6-7H,1-5H3;6H,1-5H3,(H,10,11,12);3*6H,1-5H3. The molecule has 6 rings (SSSR count). The first-order chi connectivity index (χ1) is 32.5. The van der Waals surface area contributed by atoms with E-state index in [-0.39, 0.29) is 38.5 Å². The molecule has 0 bridgehead atoms. The van der Waals surface area contributed by atoms with E-state index in [4.69, 9.17) is 9.05 Å². The molecule has 0 saturated heterocycles. The number of tetrazole rings is 1. The summed E-state index contributed by atoms with van der Waals surface area (Å²) in [5.74, 6) is 7.67. The molecule has 1 N–H and O–H groups in total. The van der Waals surface area contributed by atoms with Gasteiger partial charge in [0.25, 0.3) is 0 Å². The number of nitrogens with one attached hydrogen (secondary N) is 1. The molecule has 6 aromatic heterocycles. The van der Waals surface area contributed by atoms with Crippen molar-refractivity contribution in [2.75, 3.05) is 0 Å². The van der Waals surface area contributed by atoms with Crippen LogP contribution in [0.4, 0.5) is 0 Å². The van der Waals surface area contributed by atoms with Gasteiger partial charge in [-0.3, -0.25) is 9.78 Å². The average molecular weight is 1010 g/mol. The first-order valence-electron chi connectivity index (χ1n) is 25.7. The van der Waals surface area contributed by atoms with E-state index in [9.17, 15) is 0 Å². The van der Waals surface area contributed by atoms with Crippen molar-refractivity contribution in [2.45, 2.75) is 276 Å². The summed E-state index contributed by atoms with van der Waals surface area (Å²) in [7, 11) is 0. The third-order valence-electron chi connectivity index (χ3n) is 10.0. The van der Waals surface area contributed by atoms with Gasteiger partial charge in [-0.1, -0.05) is 182 Å². The molecule has 0 aliphatic heterocycles. The highest BCUT2D eigenvalue weighted by Gasteiger charge is 2.25. The summed E-state index contributed by atoms with van der Waals surface area (Å²) >= 11 is 0. The monoisotopic (exact) mass is 1010 g/mol. The summed E-state index contributed by atoms with van der Waals surface area (Å²) in [6.45, 7) is 62.6. The second-order valence-electron chi connectivity index (χ2n) is 26.3. The van der Waals surface area contributed by atoms with Gasteiger partial charge in [0.1, 0.15) is 12.2 Å². The summed E-state index contributed by atoms with van der Waals surface area (Å²) in [5, 5.41) is 39.7. The number of hydrogen-bond acceptors (Lipinski definition) is 15. The zero-order valence-electron chi connectivity index (χ0n) is 50.6. The van der Waals surface area contributed by atoms with Gasteiger partial charge in [0, 0.05) is 68.5 Å². The molecule has 0 aromatic carbocycles. The molecule has 0 radical (unpaired) electrons. The Morgan fingerprint density at radius 1 is 0.458 bits per heavy atom. The lowest BCUT2D eigenvalue weighted by Crippen LogP contribution is -2.14. The van der Waals surface area contributed by atoms with Crippen molar-refractivity contribution in [3.8, 4) is 0 Å². The Morgan fingerprint density at radius 2 is 0.986 bits per heavy atom. The van der Waals surface area contributed by atoms with Crippen molar-refractivity contribution in [1.29, 1.82) is 0 Å². The maximum atomic E-state index is 5.13. The Bertz CT molecular complexity index is 1980. The van der Waals surface area contributed by atoms with Crippen LogP contribution < -0.4 is 0 Å². The van der Waals surface area contributed by atoms with Gasteiger partial charge in [-0.2, -0.15) is 25.0 Å². The van der Waals surface area contributed by atoms with Crippen LogP contribution in [0.1, 0.15) is 296 Å². The normalized spacial score (nSPS) is 12.5. The molecular formula is C53H99N17O2. The van der Waals surface area contributed by atoms with Crippen LogP contribution in [0.2, 0.25) is 0 Å². The fourth-order valence-corrected chi connectivity index (χ4v) is 4.90. The molecule has 0 atom stereocenters. The molecule has 19 nitrogen and oxygen atoms in total. The van der Waals surface area contributed by atoms with Gasteiger partial charge in [-0.15, -0.1) is 15.3 Å². The highest BCUT2D eigenvalue weighted by molar-refractivity contribution is 5.07. The van der Waals surface area contributed by atoms with Crippen LogP contribution in [0, 0.1) is 0 Å². The number of hydrogen-bond donors (Lipinski definition) is 1. The van der Waals surface area contributed by atoms with Crippen LogP contribution in [0.3, 0.4) is 0 Å².